The summed E-state index contributed by atoms with van der Waals surface area (Å²) in [4.78, 5) is 75.3. The van der Waals surface area contributed by atoms with Crippen molar-refractivity contribution in [2.75, 3.05) is 0 Å². The molecule has 11 nitrogen and oxygen atoms in total. The molecule has 5 N–H and O–H groups in total. The lowest BCUT2D eigenvalue weighted by molar-refractivity contribution is -0.226. The summed E-state index contributed by atoms with van der Waals surface area (Å²) in [6.07, 6.45) is -1.76. The van der Waals surface area contributed by atoms with Crippen molar-refractivity contribution < 1.29 is 54.3 Å². The molecular formula is C22H34O11. The molecule has 0 aliphatic rings. The van der Waals surface area contributed by atoms with Gasteiger partial charge < -0.3 is 25.5 Å². The summed E-state index contributed by atoms with van der Waals surface area (Å²) in [7, 11) is 0. The van der Waals surface area contributed by atoms with E-state index in [9.17, 15) is 54.3 Å². The van der Waals surface area contributed by atoms with Crippen molar-refractivity contribution >= 4 is 34.7 Å². The summed E-state index contributed by atoms with van der Waals surface area (Å²) in [6.45, 7) is 4.29. The van der Waals surface area contributed by atoms with Crippen molar-refractivity contribution in [3.63, 3.8) is 0 Å². The first-order valence-electron chi connectivity index (χ1n) is 10.7. The van der Waals surface area contributed by atoms with E-state index in [0.717, 1.165) is 26.2 Å². The van der Waals surface area contributed by atoms with Gasteiger partial charge in [-0.3, -0.25) is 28.8 Å². The van der Waals surface area contributed by atoms with Crippen molar-refractivity contribution in [3.8, 4) is 0 Å². The molecule has 0 heterocycles. The van der Waals surface area contributed by atoms with Crippen LogP contribution in [0.1, 0.15) is 73.1 Å². The van der Waals surface area contributed by atoms with E-state index in [4.69, 9.17) is 0 Å². The molecule has 188 valence electrons. The number of rotatable bonds is 16. The van der Waals surface area contributed by atoms with Crippen LogP contribution >= 0.6 is 0 Å². The van der Waals surface area contributed by atoms with Crippen LogP contribution in [-0.2, 0) is 28.8 Å². The molecule has 0 saturated heterocycles. The number of aliphatic hydroxyl groups is 5. The molecule has 0 bridgehead atoms. The highest BCUT2D eigenvalue weighted by atomic mass is 16.4. The lowest BCUT2D eigenvalue weighted by atomic mass is 9.61. The number of hydrogen-bond acceptors (Lipinski definition) is 11. The summed E-state index contributed by atoms with van der Waals surface area (Å²) in [6, 6.07) is 0. The number of Topliss-reactive ketones (excluding diaryl/α,β-unsaturated/α-hetero) is 6. The van der Waals surface area contributed by atoms with Crippen LogP contribution in [0.4, 0.5) is 0 Å². The van der Waals surface area contributed by atoms with E-state index in [1.54, 1.807) is 0 Å². The molecule has 0 aromatic carbocycles. The molecule has 0 spiro atoms. The Balaban J connectivity index is 6.71. The SMILES string of the molecule is CCCCCCCC(=O)C(=O)[C@@](O)(C(C)=O)[C@](O)(C(C)=O)[C@@](O)(C(C)=O)C(=O)C(O)C(C)O. The summed E-state index contributed by atoms with van der Waals surface area (Å²) >= 11 is 0. The van der Waals surface area contributed by atoms with E-state index < -0.39 is 70.1 Å². The monoisotopic (exact) mass is 474 g/mol. The van der Waals surface area contributed by atoms with Crippen molar-refractivity contribution in [1.82, 2.24) is 0 Å². The van der Waals surface area contributed by atoms with Gasteiger partial charge in [0, 0.05) is 6.42 Å². The number of ketones is 6. The third-order valence-corrected chi connectivity index (χ3v) is 5.75. The lowest BCUT2D eigenvalue weighted by Crippen LogP contribution is -2.82. The summed E-state index contributed by atoms with van der Waals surface area (Å²) in [5, 5.41) is 52.5. The highest BCUT2D eigenvalue weighted by Crippen LogP contribution is 2.39. The Morgan fingerprint density at radius 3 is 1.55 bits per heavy atom. The minimum atomic E-state index is -4.18. The molecule has 0 radical (unpaired) electrons. The van der Waals surface area contributed by atoms with Crippen LogP contribution in [0.2, 0.25) is 0 Å². The smallest absolute Gasteiger partial charge is 0.241 e. The number of aliphatic hydroxyl groups excluding tert-OH is 2. The molecule has 2 unspecified atom stereocenters. The molecule has 0 aromatic rings. The fourth-order valence-corrected chi connectivity index (χ4v) is 3.59. The summed E-state index contributed by atoms with van der Waals surface area (Å²) in [5.74, 6) is -10.6. The van der Waals surface area contributed by atoms with Gasteiger partial charge in [-0.2, -0.15) is 0 Å². The first-order chi connectivity index (χ1) is 15.0. The largest absolute Gasteiger partial charge is 0.390 e. The van der Waals surface area contributed by atoms with Gasteiger partial charge >= 0.3 is 0 Å². The van der Waals surface area contributed by atoms with Gasteiger partial charge in [-0.1, -0.05) is 32.6 Å². The molecule has 0 amide bonds. The second-order valence-corrected chi connectivity index (χ2v) is 8.27. The summed E-state index contributed by atoms with van der Waals surface area (Å²) < 4.78 is 0. The van der Waals surface area contributed by atoms with E-state index in [1.807, 2.05) is 6.92 Å². The van der Waals surface area contributed by atoms with Crippen LogP contribution in [0.25, 0.3) is 0 Å². The predicted octanol–water partition coefficient (Wildman–Crippen LogP) is -1.24. The van der Waals surface area contributed by atoms with Crippen molar-refractivity contribution in [1.29, 1.82) is 0 Å². The van der Waals surface area contributed by atoms with E-state index in [-0.39, 0.29) is 6.42 Å². The highest BCUT2D eigenvalue weighted by molar-refractivity contribution is 6.46. The third-order valence-electron chi connectivity index (χ3n) is 5.75. The predicted molar refractivity (Wildman–Crippen MR) is 113 cm³/mol. The van der Waals surface area contributed by atoms with Gasteiger partial charge in [0.05, 0.1) is 6.10 Å². The Morgan fingerprint density at radius 1 is 0.727 bits per heavy atom. The Labute approximate surface area is 191 Å². The fraction of sp³-hybridized carbons (Fsp3) is 0.727. The topological polar surface area (TPSA) is 204 Å². The molecule has 0 saturated carbocycles. The zero-order valence-corrected chi connectivity index (χ0v) is 19.6. The minimum Gasteiger partial charge on any atom is -0.390 e. The van der Waals surface area contributed by atoms with Crippen molar-refractivity contribution in [2.45, 2.75) is 102 Å². The maximum atomic E-state index is 12.9. The van der Waals surface area contributed by atoms with Crippen LogP contribution in [0.15, 0.2) is 0 Å². The summed E-state index contributed by atoms with van der Waals surface area (Å²) in [5.41, 5.74) is -12.3. The van der Waals surface area contributed by atoms with Gasteiger partial charge in [0.25, 0.3) is 0 Å². The van der Waals surface area contributed by atoms with E-state index in [1.165, 1.54) is 0 Å². The van der Waals surface area contributed by atoms with Crippen LogP contribution in [-0.4, -0.2) is 89.2 Å². The normalized spacial score (nSPS) is 18.7. The molecule has 0 rings (SSSR count). The van der Waals surface area contributed by atoms with E-state index in [0.29, 0.717) is 27.2 Å². The first-order valence-corrected chi connectivity index (χ1v) is 10.7. The standard InChI is InChI=1S/C22H34O11/c1-6-7-8-9-10-11-16(27)18(29)20(31,13(3)24)22(33,15(5)26)21(32,14(4)25)19(30)17(28)12(2)23/h12,17,23,28,31-33H,6-11H2,1-5H3/t12?,17?,20-,21+,22+/m0/s1. The van der Waals surface area contributed by atoms with Gasteiger partial charge in [0.1, 0.15) is 6.10 Å². The van der Waals surface area contributed by atoms with Gasteiger partial charge in [-0.05, 0) is 34.1 Å². The number of carbonyl (C=O) groups excluding carboxylic acids is 6. The highest BCUT2D eigenvalue weighted by Gasteiger charge is 2.76. The zero-order valence-electron chi connectivity index (χ0n) is 19.6. The zero-order chi connectivity index (χ0) is 26.4. The van der Waals surface area contributed by atoms with Gasteiger partial charge in [-0.25, -0.2) is 0 Å². The van der Waals surface area contributed by atoms with Gasteiger partial charge in [-0.15, -0.1) is 0 Å². The Kier molecular flexibility index (Phi) is 11.0. The van der Waals surface area contributed by atoms with Gasteiger partial charge in [0.15, 0.2) is 17.3 Å². The maximum absolute atomic E-state index is 12.9. The van der Waals surface area contributed by atoms with E-state index in [2.05, 4.69) is 0 Å². The molecule has 0 aliphatic carbocycles. The molecule has 0 aliphatic heterocycles. The molecule has 33 heavy (non-hydrogen) atoms. The quantitative estimate of drug-likeness (QED) is 0.102. The second kappa shape index (κ2) is 11.8. The maximum Gasteiger partial charge on any atom is 0.241 e. The Hall–Kier alpha value is -2.18. The molecular weight excluding hydrogens is 440 g/mol. The van der Waals surface area contributed by atoms with Crippen molar-refractivity contribution in [2.24, 2.45) is 0 Å². The lowest BCUT2D eigenvalue weighted by Gasteiger charge is -2.46. The molecule has 11 heteroatoms. The van der Waals surface area contributed by atoms with Crippen LogP contribution in [0.3, 0.4) is 0 Å². The van der Waals surface area contributed by atoms with Crippen LogP contribution in [0, 0.1) is 0 Å². The molecule has 5 atom stereocenters. The van der Waals surface area contributed by atoms with Gasteiger partial charge in [0.2, 0.25) is 34.2 Å². The molecule has 0 fully saturated rings. The minimum absolute atomic E-state index is 0.174. The number of hydrogen-bond donors (Lipinski definition) is 5. The average Bonchev–Trinajstić information content (AvgIpc) is 2.74. The fourth-order valence-electron chi connectivity index (χ4n) is 3.59. The first kappa shape index (κ1) is 30.8. The van der Waals surface area contributed by atoms with E-state index >= 15 is 0 Å². The average molecular weight is 475 g/mol. The molecule has 0 aromatic heterocycles. The second-order valence-electron chi connectivity index (χ2n) is 8.27. The Morgan fingerprint density at radius 2 is 1.18 bits per heavy atom. The van der Waals surface area contributed by atoms with Crippen molar-refractivity contribution in [3.05, 3.63) is 0 Å². The van der Waals surface area contributed by atoms with Crippen LogP contribution < -0.4 is 0 Å². The number of unbranched alkanes of at least 4 members (excludes halogenated alkanes) is 4. The number of carbonyl (C=O) groups is 6. The third kappa shape index (κ3) is 5.49. The van der Waals surface area contributed by atoms with Crippen LogP contribution in [0.5, 0.6) is 0 Å². The Bertz CT molecular complexity index is 802.